The normalized spacial score (nSPS) is 16.7. The molecule has 0 atom stereocenters. The van der Waals surface area contributed by atoms with Crippen LogP contribution in [-0.4, -0.2) is 54.1 Å². The summed E-state index contributed by atoms with van der Waals surface area (Å²) in [7, 11) is 1.87. The summed E-state index contributed by atoms with van der Waals surface area (Å²) in [6.45, 7) is 9.75. The molecular formula is C16H30N2O3. The number of likely N-dealkylation sites (tertiary alicyclic amines) is 1. The van der Waals surface area contributed by atoms with Gasteiger partial charge >= 0.3 is 6.09 Å². The Labute approximate surface area is 128 Å². The van der Waals surface area contributed by atoms with Crippen molar-refractivity contribution in [3.63, 3.8) is 0 Å². The Kier molecular flexibility index (Phi) is 6.49. The molecule has 0 N–H and O–H groups in total. The topological polar surface area (TPSA) is 49.9 Å². The van der Waals surface area contributed by atoms with Crippen LogP contribution >= 0.6 is 0 Å². The summed E-state index contributed by atoms with van der Waals surface area (Å²) in [5.41, 5.74) is -0.468. The van der Waals surface area contributed by atoms with Gasteiger partial charge < -0.3 is 14.5 Å². The lowest BCUT2D eigenvalue weighted by atomic mass is 9.95. The zero-order chi connectivity index (χ0) is 16.0. The van der Waals surface area contributed by atoms with Gasteiger partial charge in [-0.05, 0) is 40.0 Å². The van der Waals surface area contributed by atoms with Crippen molar-refractivity contribution >= 4 is 12.0 Å². The lowest BCUT2D eigenvalue weighted by Gasteiger charge is -2.34. The lowest BCUT2D eigenvalue weighted by molar-refractivity contribution is -0.135. The van der Waals surface area contributed by atoms with E-state index in [4.69, 9.17) is 4.74 Å². The molecule has 1 fully saturated rings. The van der Waals surface area contributed by atoms with Crippen molar-refractivity contribution in [2.45, 2.75) is 59.0 Å². The van der Waals surface area contributed by atoms with Crippen molar-refractivity contribution in [2.75, 3.05) is 26.7 Å². The SMILES string of the molecule is CCCCN(C)C(=O)C1CCN(C(=O)OC(C)(C)C)CC1. The van der Waals surface area contributed by atoms with Crippen LogP contribution in [0.3, 0.4) is 0 Å². The fourth-order valence-electron chi connectivity index (χ4n) is 2.45. The van der Waals surface area contributed by atoms with E-state index >= 15 is 0 Å². The zero-order valence-electron chi connectivity index (χ0n) is 14.1. The van der Waals surface area contributed by atoms with Gasteiger partial charge in [0, 0.05) is 32.6 Å². The molecule has 0 saturated carbocycles. The van der Waals surface area contributed by atoms with Crippen LogP contribution in [0.25, 0.3) is 0 Å². The molecule has 0 bridgehead atoms. The molecule has 1 saturated heterocycles. The maximum atomic E-state index is 12.3. The second-order valence-electron chi connectivity index (χ2n) is 6.86. The van der Waals surface area contributed by atoms with Crippen molar-refractivity contribution in [2.24, 2.45) is 5.92 Å². The number of ether oxygens (including phenoxy) is 1. The van der Waals surface area contributed by atoms with Gasteiger partial charge in [0.1, 0.15) is 5.60 Å². The van der Waals surface area contributed by atoms with Gasteiger partial charge in [0.2, 0.25) is 5.91 Å². The van der Waals surface area contributed by atoms with Gasteiger partial charge in [-0.2, -0.15) is 0 Å². The van der Waals surface area contributed by atoms with Crippen molar-refractivity contribution in [1.82, 2.24) is 9.80 Å². The molecule has 122 valence electrons. The van der Waals surface area contributed by atoms with Crippen LogP contribution in [-0.2, 0) is 9.53 Å². The fraction of sp³-hybridized carbons (Fsp3) is 0.875. The highest BCUT2D eigenvalue weighted by Gasteiger charge is 2.30. The van der Waals surface area contributed by atoms with Gasteiger partial charge in [0.05, 0.1) is 0 Å². The van der Waals surface area contributed by atoms with Crippen LogP contribution in [0.1, 0.15) is 53.4 Å². The van der Waals surface area contributed by atoms with E-state index < -0.39 is 5.60 Å². The number of hydrogen-bond acceptors (Lipinski definition) is 3. The van der Waals surface area contributed by atoms with Gasteiger partial charge in [0.15, 0.2) is 0 Å². The minimum atomic E-state index is -0.468. The largest absolute Gasteiger partial charge is 0.444 e. The van der Waals surface area contributed by atoms with Crippen molar-refractivity contribution in [3.05, 3.63) is 0 Å². The fourth-order valence-corrected chi connectivity index (χ4v) is 2.45. The summed E-state index contributed by atoms with van der Waals surface area (Å²) in [6.07, 6.45) is 3.32. The van der Waals surface area contributed by atoms with Gasteiger partial charge in [-0.1, -0.05) is 13.3 Å². The van der Waals surface area contributed by atoms with Crippen LogP contribution < -0.4 is 0 Å². The highest BCUT2D eigenvalue weighted by atomic mass is 16.6. The monoisotopic (exact) mass is 298 g/mol. The standard InChI is InChI=1S/C16H30N2O3/c1-6-7-10-17(5)14(19)13-8-11-18(12-9-13)15(20)21-16(2,3)4/h13H,6-12H2,1-5H3. The predicted molar refractivity (Wildman–Crippen MR) is 83.1 cm³/mol. The van der Waals surface area contributed by atoms with E-state index in [2.05, 4.69) is 6.92 Å². The minimum absolute atomic E-state index is 0.0468. The van der Waals surface area contributed by atoms with Crippen LogP contribution in [0.2, 0.25) is 0 Å². The number of carbonyl (C=O) groups is 2. The first-order valence-corrected chi connectivity index (χ1v) is 7.97. The second-order valence-corrected chi connectivity index (χ2v) is 6.86. The van der Waals surface area contributed by atoms with Crippen molar-refractivity contribution in [1.29, 1.82) is 0 Å². The van der Waals surface area contributed by atoms with Gasteiger partial charge in [0.25, 0.3) is 0 Å². The minimum Gasteiger partial charge on any atom is -0.444 e. The quantitative estimate of drug-likeness (QED) is 0.802. The molecule has 0 radical (unpaired) electrons. The summed E-state index contributed by atoms with van der Waals surface area (Å²) in [6, 6.07) is 0. The molecule has 0 unspecified atom stereocenters. The van der Waals surface area contributed by atoms with Crippen LogP contribution in [0, 0.1) is 5.92 Å². The first-order valence-electron chi connectivity index (χ1n) is 7.97. The first-order chi connectivity index (χ1) is 9.74. The van der Waals surface area contributed by atoms with E-state index in [9.17, 15) is 9.59 Å². The van der Waals surface area contributed by atoms with Crippen molar-refractivity contribution in [3.8, 4) is 0 Å². The summed E-state index contributed by atoms with van der Waals surface area (Å²) >= 11 is 0. The highest BCUT2D eigenvalue weighted by molar-refractivity contribution is 5.79. The smallest absolute Gasteiger partial charge is 0.410 e. The van der Waals surface area contributed by atoms with E-state index in [0.29, 0.717) is 13.1 Å². The summed E-state index contributed by atoms with van der Waals surface area (Å²) in [5.74, 6) is 0.262. The molecule has 5 nitrogen and oxygen atoms in total. The average Bonchev–Trinajstić information content (AvgIpc) is 2.42. The zero-order valence-corrected chi connectivity index (χ0v) is 14.1. The van der Waals surface area contributed by atoms with E-state index in [0.717, 1.165) is 32.2 Å². The number of amides is 2. The third-order valence-corrected chi connectivity index (χ3v) is 3.72. The molecule has 0 aliphatic carbocycles. The Bertz CT molecular complexity index is 355. The number of hydrogen-bond donors (Lipinski definition) is 0. The lowest BCUT2D eigenvalue weighted by Crippen LogP contribution is -2.45. The molecule has 21 heavy (non-hydrogen) atoms. The number of nitrogens with zero attached hydrogens (tertiary/aromatic N) is 2. The summed E-state index contributed by atoms with van der Waals surface area (Å²) in [5, 5.41) is 0. The Balaban J connectivity index is 2.41. The van der Waals surface area contributed by atoms with Gasteiger partial charge in [-0.15, -0.1) is 0 Å². The molecule has 5 heteroatoms. The molecule has 0 aromatic rings. The Hall–Kier alpha value is -1.26. The predicted octanol–water partition coefficient (Wildman–Crippen LogP) is 2.89. The van der Waals surface area contributed by atoms with Crippen LogP contribution in [0.5, 0.6) is 0 Å². The molecule has 1 aliphatic rings. The van der Waals surface area contributed by atoms with Gasteiger partial charge in [-0.3, -0.25) is 4.79 Å². The Morgan fingerprint density at radius 2 is 1.81 bits per heavy atom. The number of unbranched alkanes of at least 4 members (excludes halogenated alkanes) is 1. The molecule has 1 aliphatic heterocycles. The third kappa shape index (κ3) is 5.94. The molecular weight excluding hydrogens is 268 g/mol. The van der Waals surface area contributed by atoms with Crippen molar-refractivity contribution < 1.29 is 14.3 Å². The number of piperidine rings is 1. The molecule has 0 aromatic heterocycles. The second kappa shape index (κ2) is 7.66. The van der Waals surface area contributed by atoms with Gasteiger partial charge in [-0.25, -0.2) is 4.79 Å². The number of rotatable bonds is 4. The summed E-state index contributed by atoms with van der Waals surface area (Å²) < 4.78 is 5.37. The van der Waals surface area contributed by atoms with Crippen LogP contribution in [0.4, 0.5) is 4.79 Å². The Morgan fingerprint density at radius 3 is 2.29 bits per heavy atom. The molecule has 0 spiro atoms. The average molecular weight is 298 g/mol. The molecule has 2 amide bonds. The maximum Gasteiger partial charge on any atom is 0.410 e. The van der Waals surface area contributed by atoms with Crippen LogP contribution in [0.15, 0.2) is 0 Å². The third-order valence-electron chi connectivity index (χ3n) is 3.72. The molecule has 1 rings (SSSR count). The Morgan fingerprint density at radius 1 is 1.24 bits per heavy atom. The van der Waals surface area contributed by atoms with E-state index in [1.807, 2.05) is 32.7 Å². The molecule has 0 aromatic carbocycles. The maximum absolute atomic E-state index is 12.3. The highest BCUT2D eigenvalue weighted by Crippen LogP contribution is 2.21. The number of carbonyl (C=O) groups excluding carboxylic acids is 2. The van der Waals surface area contributed by atoms with E-state index in [-0.39, 0.29) is 17.9 Å². The first kappa shape index (κ1) is 17.8. The van der Waals surface area contributed by atoms with E-state index in [1.54, 1.807) is 4.90 Å². The molecule has 1 heterocycles. The summed E-state index contributed by atoms with van der Waals surface area (Å²) in [4.78, 5) is 27.8. The van der Waals surface area contributed by atoms with E-state index in [1.165, 1.54) is 0 Å².